The molecule has 0 unspecified atom stereocenters. The first-order chi connectivity index (χ1) is 16.6. The van der Waals surface area contributed by atoms with Crippen LogP contribution in [0.25, 0.3) is 16.6 Å². The molecule has 0 saturated heterocycles. The van der Waals surface area contributed by atoms with E-state index in [1.807, 2.05) is 31.2 Å². The number of nitrogens with zero attached hydrogens (tertiary/aromatic N) is 4. The Balaban J connectivity index is 1.66. The molecule has 0 aliphatic heterocycles. The van der Waals surface area contributed by atoms with Crippen LogP contribution in [0, 0.1) is 19.3 Å². The summed E-state index contributed by atoms with van der Waals surface area (Å²) in [5.74, 6) is 1.48. The number of aromatic nitrogens is 3. The molecule has 0 N–H and O–H groups in total. The first kappa shape index (κ1) is 24.9. The number of fused-ring (bicyclic) bond motifs is 1. The van der Waals surface area contributed by atoms with Crippen LogP contribution in [-0.4, -0.2) is 27.0 Å². The Bertz CT molecular complexity index is 1460. The van der Waals surface area contributed by atoms with Gasteiger partial charge in [0.1, 0.15) is 11.6 Å². The van der Waals surface area contributed by atoms with Gasteiger partial charge in [0.05, 0.1) is 23.7 Å². The van der Waals surface area contributed by atoms with Gasteiger partial charge >= 0.3 is 0 Å². The Hall–Kier alpha value is -3.19. The van der Waals surface area contributed by atoms with E-state index in [9.17, 15) is 4.79 Å². The lowest BCUT2D eigenvalue weighted by molar-refractivity contribution is 0.198. The highest BCUT2D eigenvalue weighted by Gasteiger charge is 2.14. The molecule has 0 fully saturated rings. The first-order valence-electron chi connectivity index (χ1n) is 11.7. The van der Waals surface area contributed by atoms with Crippen molar-refractivity contribution < 1.29 is 4.74 Å². The van der Waals surface area contributed by atoms with Gasteiger partial charge in [0.25, 0.3) is 5.56 Å². The summed E-state index contributed by atoms with van der Waals surface area (Å²) in [7, 11) is 0. The smallest absolute Gasteiger partial charge is 0.282 e. The topological polar surface area (TPSA) is 61.4 Å². The molecule has 35 heavy (non-hydrogen) atoms. The van der Waals surface area contributed by atoms with E-state index in [2.05, 4.69) is 83.4 Å². The summed E-state index contributed by atoms with van der Waals surface area (Å²) in [6, 6.07) is 15.7. The van der Waals surface area contributed by atoms with Gasteiger partial charge in [0.15, 0.2) is 0 Å². The number of hydrogen-bond donors (Lipinski definition) is 0. The molecule has 0 radical (unpaired) electrons. The van der Waals surface area contributed by atoms with Crippen LogP contribution in [0.15, 0.2) is 62.9 Å². The zero-order valence-corrected chi connectivity index (χ0v) is 22.7. The normalized spacial score (nSPS) is 12.1. The maximum absolute atomic E-state index is 13.2. The maximum atomic E-state index is 13.2. The van der Waals surface area contributed by atoms with Crippen molar-refractivity contribution >= 4 is 33.0 Å². The molecule has 2 heterocycles. The Morgan fingerprint density at radius 1 is 1.09 bits per heavy atom. The number of rotatable bonds is 6. The Labute approximate surface area is 214 Å². The lowest BCUT2D eigenvalue weighted by atomic mass is 9.99. The van der Waals surface area contributed by atoms with Gasteiger partial charge in [-0.15, -0.1) is 0 Å². The fourth-order valence-electron chi connectivity index (χ4n) is 3.97. The largest absolute Gasteiger partial charge is 0.493 e. The third kappa shape index (κ3) is 5.40. The molecule has 2 aromatic heterocycles. The molecule has 2 aromatic carbocycles. The van der Waals surface area contributed by atoms with Crippen molar-refractivity contribution in [3.63, 3.8) is 0 Å². The van der Waals surface area contributed by atoms with Crippen molar-refractivity contribution in [1.82, 2.24) is 14.2 Å². The summed E-state index contributed by atoms with van der Waals surface area (Å²) >= 11 is 3.44. The minimum absolute atomic E-state index is 0.108. The second kappa shape index (κ2) is 9.82. The van der Waals surface area contributed by atoms with Gasteiger partial charge in [0.2, 0.25) is 0 Å². The van der Waals surface area contributed by atoms with Crippen LogP contribution in [0.4, 0.5) is 0 Å². The fourth-order valence-corrected chi connectivity index (χ4v) is 4.33. The predicted octanol–water partition coefficient (Wildman–Crippen LogP) is 6.44. The number of aryl methyl sites for hydroxylation is 2. The number of hydrogen-bond acceptors (Lipinski definition) is 4. The van der Waals surface area contributed by atoms with Gasteiger partial charge in [-0.05, 0) is 67.8 Å². The zero-order valence-electron chi connectivity index (χ0n) is 21.1. The van der Waals surface area contributed by atoms with E-state index < -0.39 is 0 Å². The predicted molar refractivity (Wildman–Crippen MR) is 146 cm³/mol. The van der Waals surface area contributed by atoms with Crippen LogP contribution in [-0.2, 0) is 6.42 Å². The molecule has 0 bridgehead atoms. The summed E-state index contributed by atoms with van der Waals surface area (Å²) < 4.78 is 10.3. The average Bonchev–Trinajstić information content (AvgIpc) is 3.10. The quantitative estimate of drug-likeness (QED) is 0.267. The zero-order chi connectivity index (χ0) is 25.3. The van der Waals surface area contributed by atoms with Crippen molar-refractivity contribution in [2.75, 3.05) is 6.61 Å². The van der Waals surface area contributed by atoms with E-state index in [1.165, 1.54) is 4.68 Å². The van der Waals surface area contributed by atoms with Gasteiger partial charge < -0.3 is 9.30 Å². The van der Waals surface area contributed by atoms with Crippen molar-refractivity contribution in [2.24, 2.45) is 10.5 Å². The summed E-state index contributed by atoms with van der Waals surface area (Å²) in [4.78, 5) is 17.8. The van der Waals surface area contributed by atoms with E-state index in [0.29, 0.717) is 29.8 Å². The third-order valence-electron chi connectivity index (χ3n) is 5.74. The Kier molecular flexibility index (Phi) is 6.99. The van der Waals surface area contributed by atoms with Crippen LogP contribution in [0.3, 0.4) is 0 Å². The highest BCUT2D eigenvalue weighted by molar-refractivity contribution is 9.10. The fraction of sp³-hybridized carbons (Fsp3) is 0.321. The van der Waals surface area contributed by atoms with E-state index in [-0.39, 0.29) is 11.0 Å². The molecular weight excluding hydrogens is 504 g/mol. The molecule has 6 nitrogen and oxygen atoms in total. The monoisotopic (exact) mass is 534 g/mol. The number of halogens is 1. The first-order valence-corrected chi connectivity index (χ1v) is 12.5. The van der Waals surface area contributed by atoms with Crippen LogP contribution >= 0.6 is 15.9 Å². The molecule has 0 amide bonds. The van der Waals surface area contributed by atoms with Crippen molar-refractivity contribution in [3.8, 4) is 11.4 Å². The summed E-state index contributed by atoms with van der Waals surface area (Å²) in [5, 5.41) is 5.10. The standard InChI is InChI=1S/C28H31BrN4O2/c1-7-26-31-25-13-8-21(29)15-24(25)27(34)33(26)30-16-20-14-18(2)32(19(20)3)22-9-11-23(12-10-22)35-17-28(4,5)6/h8-16H,7,17H2,1-6H3. The van der Waals surface area contributed by atoms with Crippen molar-refractivity contribution in [1.29, 1.82) is 0 Å². The number of benzene rings is 2. The minimum Gasteiger partial charge on any atom is -0.493 e. The van der Waals surface area contributed by atoms with E-state index in [0.717, 1.165) is 32.9 Å². The summed E-state index contributed by atoms with van der Waals surface area (Å²) in [5.41, 5.74) is 4.72. The lowest BCUT2D eigenvalue weighted by Gasteiger charge is -2.19. The Morgan fingerprint density at radius 3 is 2.46 bits per heavy atom. The third-order valence-corrected chi connectivity index (χ3v) is 6.23. The van der Waals surface area contributed by atoms with Gasteiger partial charge in [-0.3, -0.25) is 4.79 Å². The maximum Gasteiger partial charge on any atom is 0.282 e. The van der Waals surface area contributed by atoms with Crippen molar-refractivity contribution in [2.45, 2.75) is 48.0 Å². The van der Waals surface area contributed by atoms with Crippen molar-refractivity contribution in [3.05, 3.63) is 86.1 Å². The molecule has 4 rings (SSSR count). The van der Waals surface area contributed by atoms with Gasteiger partial charge in [-0.2, -0.15) is 9.78 Å². The number of ether oxygens (including phenoxy) is 1. The van der Waals surface area contributed by atoms with Gasteiger partial charge in [-0.1, -0.05) is 43.6 Å². The van der Waals surface area contributed by atoms with E-state index >= 15 is 0 Å². The van der Waals surface area contributed by atoms with E-state index in [1.54, 1.807) is 12.3 Å². The van der Waals surface area contributed by atoms with E-state index in [4.69, 9.17) is 4.74 Å². The molecule has 4 aromatic rings. The van der Waals surface area contributed by atoms with Crippen LogP contribution in [0.1, 0.15) is 50.5 Å². The molecule has 0 aliphatic carbocycles. The van der Waals surface area contributed by atoms with Gasteiger partial charge in [-0.25, -0.2) is 4.98 Å². The van der Waals surface area contributed by atoms with Crippen LogP contribution in [0.2, 0.25) is 0 Å². The SMILES string of the molecule is CCc1nc2ccc(Br)cc2c(=O)n1N=Cc1cc(C)n(-c2ccc(OCC(C)(C)C)cc2)c1C. The Morgan fingerprint density at radius 2 is 1.80 bits per heavy atom. The highest BCUT2D eigenvalue weighted by atomic mass is 79.9. The molecule has 7 heteroatoms. The summed E-state index contributed by atoms with van der Waals surface area (Å²) in [6.45, 7) is 13.2. The second-order valence-electron chi connectivity index (χ2n) is 9.91. The molecule has 0 aliphatic rings. The molecule has 0 atom stereocenters. The summed E-state index contributed by atoms with van der Waals surface area (Å²) in [6.07, 6.45) is 2.34. The lowest BCUT2D eigenvalue weighted by Crippen LogP contribution is -2.22. The highest BCUT2D eigenvalue weighted by Crippen LogP contribution is 2.24. The molecule has 0 spiro atoms. The second-order valence-corrected chi connectivity index (χ2v) is 10.8. The van der Waals surface area contributed by atoms with Crippen LogP contribution < -0.4 is 10.3 Å². The average molecular weight is 535 g/mol. The molecule has 182 valence electrons. The van der Waals surface area contributed by atoms with Crippen LogP contribution in [0.5, 0.6) is 5.75 Å². The molecule has 0 saturated carbocycles. The van der Waals surface area contributed by atoms with Gasteiger partial charge in [0, 0.05) is 33.5 Å². The molecular formula is C28H31BrN4O2. The minimum atomic E-state index is -0.177.